The molecule has 100 valence electrons. The Hall–Kier alpha value is -2.62. The summed E-state index contributed by atoms with van der Waals surface area (Å²) in [4.78, 5) is 24.7. The van der Waals surface area contributed by atoms with Crippen molar-refractivity contribution in [3.8, 4) is 12.3 Å². The smallest absolute Gasteiger partial charge is 0.339 e. The van der Waals surface area contributed by atoms with Gasteiger partial charge in [-0.1, -0.05) is 19.3 Å². The van der Waals surface area contributed by atoms with Gasteiger partial charge in [-0.05, 0) is 6.42 Å². The van der Waals surface area contributed by atoms with Crippen LogP contribution in [0.1, 0.15) is 30.1 Å². The maximum atomic E-state index is 11.1. The lowest BCUT2D eigenvalue weighted by Gasteiger charge is -2.14. The van der Waals surface area contributed by atoms with Gasteiger partial charge in [0.1, 0.15) is 17.6 Å². The van der Waals surface area contributed by atoms with Crippen molar-refractivity contribution in [1.29, 1.82) is 0 Å². The van der Waals surface area contributed by atoms with E-state index < -0.39 is 10.9 Å². The molecule has 0 aliphatic rings. The molecular weight excluding hydrogens is 250 g/mol. The third kappa shape index (κ3) is 3.67. The number of pyridine rings is 1. The van der Waals surface area contributed by atoms with Crippen molar-refractivity contribution in [1.82, 2.24) is 4.98 Å². The van der Waals surface area contributed by atoms with Gasteiger partial charge in [-0.25, -0.2) is 9.78 Å². The molecule has 1 aromatic heterocycles. The van der Waals surface area contributed by atoms with E-state index in [-0.39, 0.29) is 23.1 Å². The number of aromatic carboxylic acids is 1. The lowest BCUT2D eigenvalue weighted by molar-refractivity contribution is -0.385. The largest absolute Gasteiger partial charge is 0.478 e. The van der Waals surface area contributed by atoms with Crippen LogP contribution < -0.4 is 5.32 Å². The van der Waals surface area contributed by atoms with Gasteiger partial charge in [-0.3, -0.25) is 10.1 Å². The summed E-state index contributed by atoms with van der Waals surface area (Å²) in [6.07, 6.45) is 7.77. The van der Waals surface area contributed by atoms with Gasteiger partial charge in [0, 0.05) is 6.07 Å². The van der Waals surface area contributed by atoms with E-state index in [0.29, 0.717) is 6.42 Å². The van der Waals surface area contributed by atoms with E-state index in [0.717, 1.165) is 18.7 Å². The molecule has 0 saturated carbocycles. The summed E-state index contributed by atoms with van der Waals surface area (Å²) in [7, 11) is 0. The first kappa shape index (κ1) is 14.4. The summed E-state index contributed by atoms with van der Waals surface area (Å²) in [5.41, 5.74) is -0.652. The molecular formula is C12H13N3O4. The first-order chi connectivity index (χ1) is 8.99. The molecule has 1 heterocycles. The van der Waals surface area contributed by atoms with E-state index >= 15 is 0 Å². The van der Waals surface area contributed by atoms with Crippen LogP contribution in [0.5, 0.6) is 0 Å². The number of carboxylic acid groups (broad SMARTS) is 1. The average Bonchev–Trinajstić information content (AvgIpc) is 2.37. The van der Waals surface area contributed by atoms with Gasteiger partial charge in [0.05, 0.1) is 11.0 Å². The number of terminal acetylenes is 1. The number of nitrogens with one attached hydrogen (secondary N) is 1. The number of nitro groups is 1. The molecule has 0 saturated heterocycles. The molecule has 0 spiro atoms. The molecule has 0 fully saturated rings. The number of anilines is 1. The molecule has 1 atom stereocenters. The highest BCUT2D eigenvalue weighted by atomic mass is 16.6. The van der Waals surface area contributed by atoms with Gasteiger partial charge in [0.25, 0.3) is 5.69 Å². The molecule has 0 bridgehead atoms. The highest BCUT2D eigenvalue weighted by Crippen LogP contribution is 2.20. The SMILES string of the molecule is C#CC(CCC)Nc1ncc([N+](=O)[O-])cc1C(=O)O. The minimum atomic E-state index is -1.30. The number of rotatable bonds is 6. The number of carbonyl (C=O) groups is 1. The zero-order valence-corrected chi connectivity index (χ0v) is 10.3. The summed E-state index contributed by atoms with van der Waals surface area (Å²) in [6, 6.07) is 0.592. The Bertz CT molecular complexity index is 536. The lowest BCUT2D eigenvalue weighted by Crippen LogP contribution is -2.20. The molecule has 1 rings (SSSR count). The van der Waals surface area contributed by atoms with Crippen LogP contribution >= 0.6 is 0 Å². The maximum absolute atomic E-state index is 11.1. The van der Waals surface area contributed by atoms with Gasteiger partial charge in [-0.2, -0.15) is 0 Å². The Balaban J connectivity index is 3.10. The van der Waals surface area contributed by atoms with Gasteiger partial charge in [-0.15, -0.1) is 6.42 Å². The van der Waals surface area contributed by atoms with Crippen LogP contribution in [0.2, 0.25) is 0 Å². The maximum Gasteiger partial charge on any atom is 0.339 e. The molecule has 2 N–H and O–H groups in total. The second-order valence-corrected chi connectivity index (χ2v) is 3.80. The van der Waals surface area contributed by atoms with E-state index in [4.69, 9.17) is 11.5 Å². The fourth-order valence-electron chi connectivity index (χ4n) is 1.48. The van der Waals surface area contributed by atoms with Crippen LogP contribution in [0, 0.1) is 22.5 Å². The van der Waals surface area contributed by atoms with Crippen molar-refractivity contribution in [3.05, 3.63) is 27.9 Å². The lowest BCUT2D eigenvalue weighted by atomic mass is 10.1. The zero-order chi connectivity index (χ0) is 14.4. The van der Waals surface area contributed by atoms with E-state index in [1.807, 2.05) is 6.92 Å². The first-order valence-electron chi connectivity index (χ1n) is 5.60. The highest BCUT2D eigenvalue weighted by molar-refractivity contribution is 5.93. The Morgan fingerprint density at radius 3 is 2.89 bits per heavy atom. The fraction of sp³-hybridized carbons (Fsp3) is 0.333. The molecule has 7 heteroatoms. The van der Waals surface area contributed by atoms with Crippen LogP contribution in [-0.4, -0.2) is 27.0 Å². The summed E-state index contributed by atoms with van der Waals surface area (Å²) in [5.74, 6) is 1.21. The van der Waals surface area contributed by atoms with Crippen molar-refractivity contribution in [3.63, 3.8) is 0 Å². The van der Waals surface area contributed by atoms with E-state index in [9.17, 15) is 14.9 Å². The predicted molar refractivity (Wildman–Crippen MR) is 69.0 cm³/mol. The summed E-state index contributed by atoms with van der Waals surface area (Å²) in [5, 5.41) is 22.4. The van der Waals surface area contributed by atoms with Crippen LogP contribution in [0.3, 0.4) is 0 Å². The topological polar surface area (TPSA) is 105 Å². The third-order valence-corrected chi connectivity index (χ3v) is 2.40. The molecule has 1 aromatic rings. The summed E-state index contributed by atoms with van der Waals surface area (Å²) >= 11 is 0. The van der Waals surface area contributed by atoms with Crippen LogP contribution in [0.25, 0.3) is 0 Å². The van der Waals surface area contributed by atoms with Crippen molar-refractivity contribution in [2.24, 2.45) is 0 Å². The molecule has 0 aromatic carbocycles. The Morgan fingerprint density at radius 2 is 2.42 bits per heavy atom. The van der Waals surface area contributed by atoms with Crippen LogP contribution in [0.15, 0.2) is 12.3 Å². The Kier molecular flexibility index (Phi) is 4.83. The van der Waals surface area contributed by atoms with Gasteiger partial charge in [0.2, 0.25) is 0 Å². The second kappa shape index (κ2) is 6.35. The predicted octanol–water partition coefficient (Wildman–Crippen LogP) is 1.90. The molecule has 19 heavy (non-hydrogen) atoms. The summed E-state index contributed by atoms with van der Waals surface area (Å²) < 4.78 is 0. The molecule has 0 aliphatic heterocycles. The van der Waals surface area contributed by atoms with Crippen molar-refractivity contribution in [2.45, 2.75) is 25.8 Å². The minimum absolute atomic E-state index is 0.0366. The average molecular weight is 263 g/mol. The molecule has 7 nitrogen and oxygen atoms in total. The van der Waals surface area contributed by atoms with Crippen molar-refractivity contribution in [2.75, 3.05) is 5.32 Å². The van der Waals surface area contributed by atoms with E-state index in [2.05, 4.69) is 16.2 Å². The zero-order valence-electron chi connectivity index (χ0n) is 10.3. The second-order valence-electron chi connectivity index (χ2n) is 3.80. The number of hydrogen-bond acceptors (Lipinski definition) is 5. The molecule has 0 amide bonds. The monoisotopic (exact) mass is 263 g/mol. The highest BCUT2D eigenvalue weighted by Gasteiger charge is 2.18. The van der Waals surface area contributed by atoms with Gasteiger partial charge in [0.15, 0.2) is 0 Å². The van der Waals surface area contributed by atoms with Crippen molar-refractivity contribution >= 4 is 17.5 Å². The van der Waals surface area contributed by atoms with E-state index in [1.54, 1.807) is 0 Å². The number of carboxylic acids is 1. The summed E-state index contributed by atoms with van der Waals surface area (Å²) in [6.45, 7) is 1.94. The number of aromatic nitrogens is 1. The van der Waals surface area contributed by atoms with Gasteiger partial charge < -0.3 is 10.4 Å². The number of hydrogen-bond donors (Lipinski definition) is 2. The third-order valence-electron chi connectivity index (χ3n) is 2.40. The minimum Gasteiger partial charge on any atom is -0.478 e. The van der Waals surface area contributed by atoms with E-state index in [1.165, 1.54) is 0 Å². The quantitative estimate of drug-likeness (QED) is 0.461. The normalized spacial score (nSPS) is 11.4. The van der Waals surface area contributed by atoms with Crippen LogP contribution in [-0.2, 0) is 0 Å². The number of nitrogens with zero attached hydrogens (tertiary/aromatic N) is 2. The standard InChI is InChI=1S/C12H13N3O4/c1-3-5-8(4-2)14-11-10(12(16)17)6-9(7-13-11)15(18)19/h2,6-8H,3,5H2,1H3,(H,13,14)(H,16,17). The Labute approximate surface area is 109 Å². The van der Waals surface area contributed by atoms with Crippen LogP contribution in [0.4, 0.5) is 11.5 Å². The molecule has 1 unspecified atom stereocenters. The first-order valence-corrected chi connectivity index (χ1v) is 5.60. The Morgan fingerprint density at radius 1 is 1.74 bits per heavy atom. The fourth-order valence-corrected chi connectivity index (χ4v) is 1.48. The molecule has 0 radical (unpaired) electrons. The molecule has 0 aliphatic carbocycles. The van der Waals surface area contributed by atoms with Gasteiger partial charge >= 0.3 is 5.97 Å². The van der Waals surface area contributed by atoms with Crippen molar-refractivity contribution < 1.29 is 14.8 Å².